The molecule has 0 aromatic carbocycles. The van der Waals surface area contributed by atoms with Gasteiger partial charge in [-0.3, -0.25) is 4.90 Å². The molecule has 2 heterocycles. The number of aliphatic hydroxyl groups excluding tert-OH is 1. The molecule has 1 aromatic rings. The Morgan fingerprint density at radius 1 is 1.19 bits per heavy atom. The molecule has 2 fully saturated rings. The number of rotatable bonds is 3. The van der Waals surface area contributed by atoms with E-state index in [2.05, 4.69) is 9.88 Å². The van der Waals surface area contributed by atoms with E-state index >= 15 is 0 Å². The molecule has 2 aliphatic rings. The topological polar surface area (TPSA) is 36.4 Å². The Kier molecular flexibility index (Phi) is 4.00. The maximum Gasteiger partial charge on any atom is 0.443 e. The van der Waals surface area contributed by atoms with Crippen LogP contribution in [0.25, 0.3) is 0 Å². The second kappa shape index (κ2) is 5.52. The van der Waals surface area contributed by atoms with Crippen molar-refractivity contribution < 1.29 is 18.3 Å². The molecule has 1 aliphatic heterocycles. The van der Waals surface area contributed by atoms with Gasteiger partial charge in [-0.25, -0.2) is 4.98 Å². The van der Waals surface area contributed by atoms with E-state index in [-0.39, 0.29) is 5.54 Å². The summed E-state index contributed by atoms with van der Waals surface area (Å²) in [6.07, 6.45) is 1.87. The number of aromatic nitrogens is 1. The number of thiazole rings is 1. The zero-order valence-corrected chi connectivity index (χ0v) is 12.5. The first-order chi connectivity index (χ1) is 9.93. The molecule has 0 radical (unpaired) electrons. The number of hydrogen-bond acceptors (Lipinski definition) is 4. The van der Waals surface area contributed by atoms with Crippen molar-refractivity contribution in [3.63, 3.8) is 0 Å². The highest BCUT2D eigenvalue weighted by molar-refractivity contribution is 7.11. The molecule has 3 rings (SSSR count). The molecule has 1 aromatic heterocycles. The smallest absolute Gasteiger partial charge is 0.386 e. The molecular formula is C14H19F3N2OS. The second-order valence-electron chi connectivity index (χ2n) is 5.97. The summed E-state index contributed by atoms with van der Waals surface area (Å²) in [4.78, 5) is 6.09. The molecule has 1 atom stereocenters. The summed E-state index contributed by atoms with van der Waals surface area (Å²) in [5, 5.41) is 9.90. The van der Waals surface area contributed by atoms with Gasteiger partial charge >= 0.3 is 6.18 Å². The minimum Gasteiger partial charge on any atom is -0.386 e. The number of aliphatic hydroxyl groups is 1. The standard InChI is InChI=1S/C14H19F3N2OS/c15-14(16,17)12-18-9-10(21-12)11(20)13(5-1-2-6-13)19-7-3-4-8-19/h9,11,20H,1-8H2. The third-order valence-corrected chi connectivity index (χ3v) is 5.84. The molecule has 0 amide bonds. The van der Waals surface area contributed by atoms with Gasteiger partial charge in [-0.05, 0) is 38.8 Å². The molecule has 1 saturated heterocycles. The van der Waals surface area contributed by atoms with Crippen molar-refractivity contribution in [3.8, 4) is 0 Å². The summed E-state index contributed by atoms with van der Waals surface area (Å²) in [6.45, 7) is 1.87. The van der Waals surface area contributed by atoms with Gasteiger partial charge < -0.3 is 5.11 Å². The zero-order chi connectivity index (χ0) is 15.1. The van der Waals surface area contributed by atoms with Crippen LogP contribution in [-0.4, -0.2) is 33.6 Å². The highest BCUT2D eigenvalue weighted by atomic mass is 32.1. The average Bonchev–Trinajstić information content (AvgIpc) is 3.17. The summed E-state index contributed by atoms with van der Waals surface area (Å²) >= 11 is 0.579. The van der Waals surface area contributed by atoms with Crippen LogP contribution in [0.15, 0.2) is 6.20 Å². The van der Waals surface area contributed by atoms with E-state index in [9.17, 15) is 18.3 Å². The predicted molar refractivity (Wildman–Crippen MR) is 74.1 cm³/mol. The number of halogens is 3. The average molecular weight is 320 g/mol. The Morgan fingerprint density at radius 2 is 1.81 bits per heavy atom. The second-order valence-corrected chi connectivity index (χ2v) is 7.04. The lowest BCUT2D eigenvalue weighted by Gasteiger charge is -2.42. The lowest BCUT2D eigenvalue weighted by Crippen LogP contribution is -2.49. The maximum absolute atomic E-state index is 12.7. The van der Waals surface area contributed by atoms with E-state index < -0.39 is 17.3 Å². The minimum absolute atomic E-state index is 0.344. The van der Waals surface area contributed by atoms with Crippen LogP contribution in [0.3, 0.4) is 0 Å². The van der Waals surface area contributed by atoms with Crippen LogP contribution in [0, 0.1) is 0 Å². The highest BCUT2D eigenvalue weighted by Gasteiger charge is 2.48. The van der Waals surface area contributed by atoms with E-state index in [4.69, 9.17) is 0 Å². The maximum atomic E-state index is 12.7. The van der Waals surface area contributed by atoms with Crippen LogP contribution in [0.4, 0.5) is 13.2 Å². The first-order valence-electron chi connectivity index (χ1n) is 7.39. The Bertz CT molecular complexity index is 491. The minimum atomic E-state index is -4.43. The van der Waals surface area contributed by atoms with E-state index in [0.29, 0.717) is 16.2 Å². The van der Waals surface area contributed by atoms with Crippen LogP contribution in [0.2, 0.25) is 0 Å². The lowest BCUT2D eigenvalue weighted by molar-refractivity contribution is -0.137. The molecule has 0 spiro atoms. The van der Waals surface area contributed by atoms with Gasteiger partial charge in [-0.1, -0.05) is 12.8 Å². The van der Waals surface area contributed by atoms with Crippen LogP contribution in [0.5, 0.6) is 0 Å². The van der Waals surface area contributed by atoms with Crippen molar-refractivity contribution in [2.45, 2.75) is 56.3 Å². The number of likely N-dealkylation sites (tertiary alicyclic amines) is 1. The zero-order valence-electron chi connectivity index (χ0n) is 11.7. The normalized spacial score (nSPS) is 24.6. The molecular weight excluding hydrogens is 301 g/mol. The molecule has 1 saturated carbocycles. The van der Waals surface area contributed by atoms with Gasteiger partial charge in [0.15, 0.2) is 5.01 Å². The third-order valence-electron chi connectivity index (χ3n) is 4.75. The first kappa shape index (κ1) is 15.2. The van der Waals surface area contributed by atoms with Gasteiger partial charge in [0.2, 0.25) is 0 Å². The number of hydrogen-bond donors (Lipinski definition) is 1. The fourth-order valence-corrected chi connectivity index (χ4v) is 4.60. The molecule has 3 nitrogen and oxygen atoms in total. The summed E-state index contributed by atoms with van der Waals surface area (Å²) in [6, 6.07) is 0. The van der Waals surface area contributed by atoms with Gasteiger partial charge in [0.1, 0.15) is 6.10 Å². The molecule has 21 heavy (non-hydrogen) atoms. The summed E-state index contributed by atoms with van der Waals surface area (Å²) in [5.41, 5.74) is -0.383. The van der Waals surface area contributed by atoms with Crippen molar-refractivity contribution >= 4 is 11.3 Å². The molecule has 1 unspecified atom stereocenters. The summed E-state index contributed by atoms with van der Waals surface area (Å²) in [5.74, 6) is 0. The highest BCUT2D eigenvalue weighted by Crippen LogP contribution is 2.47. The van der Waals surface area contributed by atoms with Crippen LogP contribution < -0.4 is 0 Å². The summed E-state index contributed by atoms with van der Waals surface area (Å²) < 4.78 is 38.1. The van der Waals surface area contributed by atoms with Crippen molar-refractivity contribution in [1.82, 2.24) is 9.88 Å². The van der Waals surface area contributed by atoms with E-state index in [1.807, 2.05) is 0 Å². The van der Waals surface area contributed by atoms with Crippen LogP contribution in [0.1, 0.15) is 54.5 Å². The quantitative estimate of drug-likeness (QED) is 0.924. The molecule has 0 bridgehead atoms. The van der Waals surface area contributed by atoms with E-state index in [1.165, 1.54) is 6.20 Å². The monoisotopic (exact) mass is 320 g/mol. The number of alkyl halides is 3. The van der Waals surface area contributed by atoms with Crippen molar-refractivity contribution in [2.75, 3.05) is 13.1 Å². The van der Waals surface area contributed by atoms with Gasteiger partial charge in [-0.2, -0.15) is 13.2 Å². The molecule has 1 aliphatic carbocycles. The van der Waals surface area contributed by atoms with Gasteiger partial charge in [-0.15, -0.1) is 11.3 Å². The summed E-state index contributed by atoms with van der Waals surface area (Å²) in [7, 11) is 0. The largest absolute Gasteiger partial charge is 0.443 e. The molecule has 7 heteroatoms. The third kappa shape index (κ3) is 2.71. The Hall–Kier alpha value is -0.660. The van der Waals surface area contributed by atoms with Gasteiger partial charge in [0.25, 0.3) is 0 Å². The van der Waals surface area contributed by atoms with Gasteiger partial charge in [0, 0.05) is 6.20 Å². The fraction of sp³-hybridized carbons (Fsp3) is 0.786. The predicted octanol–water partition coefficient (Wildman–Crippen LogP) is 3.60. The van der Waals surface area contributed by atoms with Crippen molar-refractivity contribution in [1.29, 1.82) is 0 Å². The van der Waals surface area contributed by atoms with Crippen molar-refractivity contribution in [2.24, 2.45) is 0 Å². The van der Waals surface area contributed by atoms with Gasteiger partial charge in [0.05, 0.1) is 10.4 Å². The fourth-order valence-electron chi connectivity index (χ4n) is 3.72. The Balaban J connectivity index is 1.87. The molecule has 1 N–H and O–H groups in total. The first-order valence-corrected chi connectivity index (χ1v) is 8.21. The van der Waals surface area contributed by atoms with Crippen molar-refractivity contribution in [3.05, 3.63) is 16.1 Å². The Labute approximate surface area is 125 Å². The SMILES string of the molecule is OC(c1cnc(C(F)(F)F)s1)C1(N2CCCC2)CCCC1. The van der Waals surface area contributed by atoms with Crippen LogP contribution >= 0.6 is 11.3 Å². The van der Waals surface area contributed by atoms with E-state index in [1.54, 1.807) is 0 Å². The lowest BCUT2D eigenvalue weighted by atomic mass is 9.87. The Morgan fingerprint density at radius 3 is 2.33 bits per heavy atom. The number of nitrogens with zero attached hydrogens (tertiary/aromatic N) is 2. The van der Waals surface area contributed by atoms with Crippen LogP contribution in [-0.2, 0) is 6.18 Å². The van der Waals surface area contributed by atoms with E-state index in [0.717, 1.165) is 51.6 Å². The molecule has 118 valence electrons.